The van der Waals surface area contributed by atoms with Crippen LogP contribution in [-0.2, 0) is 0 Å². The van der Waals surface area contributed by atoms with Crippen LogP contribution in [0.15, 0.2) is 24.3 Å². The molecular weight excluding hydrogens is 304 g/mol. The third kappa shape index (κ3) is 6.64. The number of carbonyl (C=O) groups is 1. The van der Waals surface area contributed by atoms with E-state index >= 15 is 0 Å². The number of amides is 2. The Labute approximate surface area is 136 Å². The molecule has 0 saturated heterocycles. The summed E-state index contributed by atoms with van der Waals surface area (Å²) in [5.74, 6) is 0. The van der Waals surface area contributed by atoms with Crippen molar-refractivity contribution in [2.45, 2.75) is 32.7 Å². The zero-order valence-corrected chi connectivity index (χ0v) is 13.9. The Morgan fingerprint density at radius 2 is 1.91 bits per heavy atom. The Hall–Kier alpha value is -1.30. The quantitative estimate of drug-likeness (QED) is 0.553. The molecule has 0 spiro atoms. The van der Waals surface area contributed by atoms with Gasteiger partial charge in [0, 0.05) is 18.2 Å². The van der Waals surface area contributed by atoms with Gasteiger partial charge >= 0.3 is 6.03 Å². The van der Waals surface area contributed by atoms with Gasteiger partial charge < -0.3 is 20.8 Å². The van der Waals surface area contributed by atoms with E-state index in [2.05, 4.69) is 10.6 Å². The van der Waals surface area contributed by atoms with E-state index in [-0.39, 0.29) is 24.7 Å². The summed E-state index contributed by atoms with van der Waals surface area (Å²) in [5, 5.41) is 24.7. The van der Waals surface area contributed by atoms with E-state index in [9.17, 15) is 9.90 Å². The van der Waals surface area contributed by atoms with Crippen LogP contribution in [0.3, 0.4) is 0 Å². The molecule has 0 saturated carbocycles. The summed E-state index contributed by atoms with van der Waals surface area (Å²) in [6.07, 6.45) is 1.61. The van der Waals surface area contributed by atoms with Gasteiger partial charge in [-0.2, -0.15) is 0 Å². The summed E-state index contributed by atoms with van der Waals surface area (Å²) in [6, 6.07) is 6.19. The van der Waals surface area contributed by atoms with Crippen molar-refractivity contribution >= 4 is 17.6 Å². The minimum atomic E-state index is -0.467. The molecule has 1 aromatic carbocycles. The van der Waals surface area contributed by atoms with Crippen molar-refractivity contribution in [2.24, 2.45) is 5.41 Å². The van der Waals surface area contributed by atoms with Crippen molar-refractivity contribution < 1.29 is 15.0 Å². The van der Waals surface area contributed by atoms with Crippen molar-refractivity contribution in [3.05, 3.63) is 34.9 Å². The number of benzene rings is 1. The average molecular weight is 329 g/mol. The lowest BCUT2D eigenvalue weighted by Crippen LogP contribution is -2.39. The van der Waals surface area contributed by atoms with E-state index in [1.54, 1.807) is 24.3 Å². The van der Waals surface area contributed by atoms with Crippen LogP contribution < -0.4 is 10.6 Å². The Kier molecular flexibility index (Phi) is 7.65. The molecule has 1 unspecified atom stereocenters. The van der Waals surface area contributed by atoms with Crippen molar-refractivity contribution in [3.8, 4) is 0 Å². The molecule has 0 aromatic heterocycles. The molecule has 1 aromatic rings. The predicted octanol–water partition coefficient (Wildman–Crippen LogP) is 2.47. The van der Waals surface area contributed by atoms with Crippen LogP contribution in [-0.4, -0.2) is 36.0 Å². The molecule has 2 amide bonds. The van der Waals surface area contributed by atoms with Gasteiger partial charge in [0.05, 0.1) is 12.6 Å². The lowest BCUT2D eigenvalue weighted by Gasteiger charge is -2.21. The summed E-state index contributed by atoms with van der Waals surface area (Å²) in [4.78, 5) is 11.8. The summed E-state index contributed by atoms with van der Waals surface area (Å²) in [5.41, 5.74) is 0.665. The lowest BCUT2D eigenvalue weighted by molar-refractivity contribution is 0.148. The van der Waals surface area contributed by atoms with Gasteiger partial charge in [0.15, 0.2) is 0 Å². The Morgan fingerprint density at radius 3 is 2.45 bits per heavy atom. The van der Waals surface area contributed by atoms with E-state index in [1.165, 1.54) is 0 Å². The highest BCUT2D eigenvalue weighted by Gasteiger charge is 2.16. The van der Waals surface area contributed by atoms with Crippen molar-refractivity contribution in [1.82, 2.24) is 10.6 Å². The van der Waals surface area contributed by atoms with Crippen molar-refractivity contribution in [3.63, 3.8) is 0 Å². The van der Waals surface area contributed by atoms with Gasteiger partial charge in [0.1, 0.15) is 0 Å². The fourth-order valence-corrected chi connectivity index (χ4v) is 2.11. The third-order valence-corrected chi connectivity index (χ3v) is 3.76. The van der Waals surface area contributed by atoms with Crippen molar-refractivity contribution in [1.29, 1.82) is 0 Å². The Bertz CT molecular complexity index is 463. The second-order valence-corrected chi connectivity index (χ2v) is 6.55. The Morgan fingerprint density at radius 1 is 1.27 bits per heavy atom. The highest BCUT2D eigenvalue weighted by Crippen LogP contribution is 2.20. The standard InChI is InChI=1S/C16H25ClN2O3/c1-16(2,11-21)8-3-9-18-15(22)19-14(10-20)12-4-6-13(17)7-5-12/h4-7,14,20-21H,3,8-11H2,1-2H3,(H2,18,19,22). The van der Waals surface area contributed by atoms with Gasteiger partial charge in [0.25, 0.3) is 0 Å². The summed E-state index contributed by atoms with van der Waals surface area (Å²) in [6.45, 7) is 4.42. The number of hydrogen-bond acceptors (Lipinski definition) is 3. The summed E-state index contributed by atoms with van der Waals surface area (Å²) >= 11 is 5.82. The SMILES string of the molecule is CC(C)(CO)CCCNC(=O)NC(CO)c1ccc(Cl)cc1. The van der Waals surface area contributed by atoms with Crippen LogP contribution in [0, 0.1) is 5.41 Å². The largest absolute Gasteiger partial charge is 0.396 e. The molecule has 0 radical (unpaired) electrons. The van der Waals surface area contributed by atoms with Crippen LogP contribution in [0.5, 0.6) is 0 Å². The predicted molar refractivity (Wildman–Crippen MR) is 87.9 cm³/mol. The van der Waals surface area contributed by atoms with Crippen LogP contribution >= 0.6 is 11.6 Å². The monoisotopic (exact) mass is 328 g/mol. The smallest absolute Gasteiger partial charge is 0.315 e. The maximum Gasteiger partial charge on any atom is 0.315 e. The zero-order chi connectivity index (χ0) is 16.6. The summed E-state index contributed by atoms with van der Waals surface area (Å²) in [7, 11) is 0. The summed E-state index contributed by atoms with van der Waals surface area (Å²) < 4.78 is 0. The molecule has 0 aliphatic heterocycles. The minimum absolute atomic E-state index is 0.127. The molecule has 0 bridgehead atoms. The maximum atomic E-state index is 11.8. The first kappa shape index (κ1) is 18.7. The van der Waals surface area contributed by atoms with Gasteiger partial charge in [-0.05, 0) is 36.0 Å². The van der Waals surface area contributed by atoms with Crippen LogP contribution in [0.25, 0.3) is 0 Å². The first-order chi connectivity index (χ1) is 10.4. The highest BCUT2D eigenvalue weighted by molar-refractivity contribution is 6.30. The molecule has 4 N–H and O–H groups in total. The second-order valence-electron chi connectivity index (χ2n) is 6.11. The van der Waals surface area contributed by atoms with Crippen LogP contribution in [0.2, 0.25) is 5.02 Å². The van der Waals surface area contributed by atoms with Gasteiger partial charge in [-0.15, -0.1) is 0 Å². The number of aliphatic hydroxyl groups excluding tert-OH is 2. The minimum Gasteiger partial charge on any atom is -0.396 e. The number of urea groups is 1. The number of rotatable bonds is 8. The number of nitrogens with one attached hydrogen (secondary N) is 2. The van der Waals surface area contributed by atoms with Gasteiger partial charge in [-0.25, -0.2) is 4.79 Å². The van der Waals surface area contributed by atoms with E-state index in [4.69, 9.17) is 16.7 Å². The maximum absolute atomic E-state index is 11.8. The van der Waals surface area contributed by atoms with E-state index in [0.717, 1.165) is 18.4 Å². The number of halogens is 1. The molecule has 124 valence electrons. The van der Waals surface area contributed by atoms with Gasteiger partial charge in [-0.3, -0.25) is 0 Å². The first-order valence-corrected chi connectivity index (χ1v) is 7.77. The second kappa shape index (κ2) is 8.98. The molecule has 0 fully saturated rings. The molecular formula is C16H25ClN2O3. The van der Waals surface area contributed by atoms with Crippen molar-refractivity contribution in [2.75, 3.05) is 19.8 Å². The number of carbonyl (C=O) groups excluding carboxylic acids is 1. The van der Waals surface area contributed by atoms with Gasteiger partial charge in [0.2, 0.25) is 0 Å². The van der Waals surface area contributed by atoms with Gasteiger partial charge in [-0.1, -0.05) is 37.6 Å². The lowest BCUT2D eigenvalue weighted by atomic mass is 9.89. The normalized spacial score (nSPS) is 12.8. The molecule has 0 heterocycles. The molecule has 1 rings (SSSR count). The molecule has 5 nitrogen and oxygen atoms in total. The average Bonchev–Trinajstić information content (AvgIpc) is 2.50. The molecule has 6 heteroatoms. The topological polar surface area (TPSA) is 81.6 Å². The molecule has 22 heavy (non-hydrogen) atoms. The molecule has 0 aliphatic rings. The third-order valence-electron chi connectivity index (χ3n) is 3.50. The fourth-order valence-electron chi connectivity index (χ4n) is 1.99. The molecule has 1 atom stereocenters. The highest BCUT2D eigenvalue weighted by atomic mass is 35.5. The molecule has 0 aliphatic carbocycles. The van der Waals surface area contributed by atoms with E-state index in [0.29, 0.717) is 11.6 Å². The van der Waals surface area contributed by atoms with Crippen LogP contribution in [0.4, 0.5) is 4.79 Å². The first-order valence-electron chi connectivity index (χ1n) is 7.39. The van der Waals surface area contributed by atoms with E-state index in [1.807, 2.05) is 13.8 Å². The zero-order valence-electron chi connectivity index (χ0n) is 13.1. The fraction of sp³-hybridized carbons (Fsp3) is 0.562. The number of hydrogen-bond donors (Lipinski definition) is 4. The Balaban J connectivity index is 2.38. The number of aliphatic hydroxyl groups is 2. The van der Waals surface area contributed by atoms with E-state index < -0.39 is 6.04 Å². The van der Waals surface area contributed by atoms with Crippen LogP contribution in [0.1, 0.15) is 38.3 Å².